The third kappa shape index (κ3) is 1.06. The van der Waals surface area contributed by atoms with E-state index in [1.165, 1.54) is 0 Å². The summed E-state index contributed by atoms with van der Waals surface area (Å²) in [6, 6.07) is 0. The number of imidazole rings is 1. The van der Waals surface area contributed by atoms with E-state index in [9.17, 15) is 4.79 Å². The van der Waals surface area contributed by atoms with E-state index < -0.39 is 0 Å². The molecule has 0 aromatic carbocycles. The normalized spacial score (nSPS) is 11.0. The number of aryl methyl sites for hydroxylation is 2. The Kier molecular flexibility index (Phi) is 1.52. The Hall–Kier alpha value is -1.58. The number of hydrogen-bond donors (Lipinski definition) is 0. The summed E-state index contributed by atoms with van der Waals surface area (Å²) in [5.41, 5.74) is 2.23. The Morgan fingerprint density at radius 1 is 1.31 bits per heavy atom. The van der Waals surface area contributed by atoms with Gasteiger partial charge in [0.1, 0.15) is 0 Å². The van der Waals surface area contributed by atoms with E-state index in [4.69, 9.17) is 0 Å². The molecule has 0 bridgehead atoms. The van der Waals surface area contributed by atoms with Gasteiger partial charge in [-0.2, -0.15) is 0 Å². The molecule has 0 radical (unpaired) electrons. The summed E-state index contributed by atoms with van der Waals surface area (Å²) in [4.78, 5) is 15.8. The molecule has 2 heterocycles. The average Bonchev–Trinajstić information content (AvgIpc) is 2.42. The highest BCUT2D eigenvalue weighted by molar-refractivity contribution is 5.37. The van der Waals surface area contributed by atoms with E-state index in [0.29, 0.717) is 5.65 Å². The van der Waals surface area contributed by atoms with E-state index >= 15 is 0 Å². The van der Waals surface area contributed by atoms with Crippen LogP contribution in [-0.4, -0.2) is 14.0 Å². The maximum Gasteiger partial charge on any atom is 0.294 e. The molecule has 0 unspecified atom stereocenters. The van der Waals surface area contributed by atoms with Gasteiger partial charge in [-0.3, -0.25) is 4.79 Å². The number of nitrogens with zero attached hydrogens (tertiary/aromatic N) is 3. The van der Waals surface area contributed by atoms with Gasteiger partial charge in [-0.1, -0.05) is 0 Å². The highest BCUT2D eigenvalue weighted by Gasteiger charge is 2.05. The van der Waals surface area contributed by atoms with Gasteiger partial charge in [-0.25, -0.2) is 4.98 Å². The molecule has 0 saturated carbocycles. The van der Waals surface area contributed by atoms with Crippen LogP contribution in [0.5, 0.6) is 0 Å². The number of hydrogen-bond acceptors (Lipinski definition) is 2. The van der Waals surface area contributed by atoms with Gasteiger partial charge in [0.25, 0.3) is 5.56 Å². The molecule has 0 atom stereocenters. The zero-order valence-corrected chi connectivity index (χ0v) is 7.90. The summed E-state index contributed by atoms with van der Waals surface area (Å²) < 4.78 is 3.37. The first kappa shape index (κ1) is 8.04. The molecule has 0 aliphatic carbocycles. The second-order valence-corrected chi connectivity index (χ2v) is 3.25. The highest BCUT2D eigenvalue weighted by Crippen LogP contribution is 2.00. The van der Waals surface area contributed by atoms with Gasteiger partial charge in [-0.05, 0) is 13.8 Å². The molecule has 0 saturated heterocycles. The third-order valence-electron chi connectivity index (χ3n) is 2.20. The van der Waals surface area contributed by atoms with Crippen molar-refractivity contribution < 1.29 is 0 Å². The maximum absolute atomic E-state index is 11.6. The first-order chi connectivity index (χ1) is 6.09. The summed E-state index contributed by atoms with van der Waals surface area (Å²) in [7, 11) is 1.75. The molecule has 4 heteroatoms. The molecule has 0 fully saturated rings. The highest BCUT2D eigenvalue weighted by atomic mass is 16.1. The fraction of sp³-hybridized carbons (Fsp3) is 0.333. The van der Waals surface area contributed by atoms with Gasteiger partial charge in [0, 0.05) is 25.1 Å². The van der Waals surface area contributed by atoms with Crippen LogP contribution in [0.25, 0.3) is 5.65 Å². The summed E-state index contributed by atoms with van der Waals surface area (Å²) in [6.45, 7) is 3.78. The van der Waals surface area contributed by atoms with Crippen LogP contribution < -0.4 is 5.56 Å². The standard InChI is InChI=1S/C9H11N3O/c1-6-4-12-5-7(2)11(3)9(13)8(12)10-6/h4-5H,1-3H3. The molecule has 0 amide bonds. The lowest BCUT2D eigenvalue weighted by atomic mass is 10.5. The SMILES string of the molecule is Cc1cn2cc(C)n(C)c(=O)c2n1. The summed E-state index contributed by atoms with van der Waals surface area (Å²) in [5, 5.41) is 0. The molecule has 4 nitrogen and oxygen atoms in total. The van der Waals surface area contributed by atoms with Crippen molar-refractivity contribution in [3.63, 3.8) is 0 Å². The second kappa shape index (κ2) is 2.45. The number of fused-ring (bicyclic) bond motifs is 1. The van der Waals surface area contributed by atoms with Gasteiger partial charge in [0.05, 0.1) is 5.69 Å². The quantitative estimate of drug-likeness (QED) is 0.592. The second-order valence-electron chi connectivity index (χ2n) is 3.25. The van der Waals surface area contributed by atoms with Crippen molar-refractivity contribution in [2.45, 2.75) is 13.8 Å². The van der Waals surface area contributed by atoms with Crippen LogP contribution in [0.4, 0.5) is 0 Å². The molecule has 0 aliphatic heterocycles. The minimum atomic E-state index is -0.0481. The fourth-order valence-electron chi connectivity index (χ4n) is 1.37. The van der Waals surface area contributed by atoms with Crippen molar-refractivity contribution in [2.75, 3.05) is 0 Å². The molecule has 0 N–H and O–H groups in total. The van der Waals surface area contributed by atoms with E-state index in [-0.39, 0.29) is 5.56 Å². The van der Waals surface area contributed by atoms with Crippen molar-refractivity contribution in [3.8, 4) is 0 Å². The smallest absolute Gasteiger partial charge is 0.294 e. The van der Waals surface area contributed by atoms with Crippen molar-refractivity contribution in [1.82, 2.24) is 14.0 Å². The Balaban J connectivity index is 3.01. The third-order valence-corrected chi connectivity index (χ3v) is 2.20. The Bertz CT molecular complexity index is 521. The van der Waals surface area contributed by atoms with E-state index in [1.807, 2.05) is 26.2 Å². The number of rotatable bonds is 0. The minimum absolute atomic E-state index is 0.0481. The lowest BCUT2D eigenvalue weighted by Gasteiger charge is -2.02. The van der Waals surface area contributed by atoms with Gasteiger partial charge in [0.15, 0.2) is 0 Å². The largest absolute Gasteiger partial charge is 0.311 e. The molecule has 2 aromatic heterocycles. The predicted octanol–water partition coefficient (Wildman–Crippen LogP) is 0.650. The van der Waals surface area contributed by atoms with Crippen LogP contribution in [0.1, 0.15) is 11.4 Å². The Morgan fingerprint density at radius 3 is 2.69 bits per heavy atom. The fourth-order valence-corrected chi connectivity index (χ4v) is 1.37. The summed E-state index contributed by atoms with van der Waals surface area (Å²) >= 11 is 0. The van der Waals surface area contributed by atoms with Crippen LogP contribution in [-0.2, 0) is 7.05 Å². The van der Waals surface area contributed by atoms with Crippen LogP contribution in [0.2, 0.25) is 0 Å². The molecular weight excluding hydrogens is 166 g/mol. The first-order valence-corrected chi connectivity index (χ1v) is 4.11. The zero-order valence-electron chi connectivity index (χ0n) is 7.90. The van der Waals surface area contributed by atoms with E-state index in [2.05, 4.69) is 4.98 Å². The minimum Gasteiger partial charge on any atom is -0.311 e. The van der Waals surface area contributed by atoms with E-state index in [1.54, 1.807) is 16.0 Å². The number of aromatic nitrogens is 3. The topological polar surface area (TPSA) is 39.3 Å². The molecule has 0 aliphatic rings. The van der Waals surface area contributed by atoms with Gasteiger partial charge >= 0.3 is 0 Å². The summed E-state index contributed by atoms with van der Waals surface area (Å²) in [6.07, 6.45) is 3.75. The molecule has 68 valence electrons. The van der Waals surface area contributed by atoms with Gasteiger partial charge in [0.2, 0.25) is 5.65 Å². The monoisotopic (exact) mass is 177 g/mol. The Morgan fingerprint density at radius 2 is 2.00 bits per heavy atom. The maximum atomic E-state index is 11.6. The first-order valence-electron chi connectivity index (χ1n) is 4.11. The van der Waals surface area contributed by atoms with Crippen molar-refractivity contribution in [2.24, 2.45) is 7.05 Å². The van der Waals surface area contributed by atoms with E-state index in [0.717, 1.165) is 11.4 Å². The Labute approximate surface area is 75.5 Å². The lowest BCUT2D eigenvalue weighted by Crippen LogP contribution is -2.21. The van der Waals surface area contributed by atoms with Crippen LogP contribution in [0.3, 0.4) is 0 Å². The molecule has 13 heavy (non-hydrogen) atoms. The lowest BCUT2D eigenvalue weighted by molar-refractivity contribution is 0.800. The van der Waals surface area contributed by atoms with Gasteiger partial charge < -0.3 is 8.97 Å². The van der Waals surface area contributed by atoms with Crippen molar-refractivity contribution in [1.29, 1.82) is 0 Å². The molecule has 0 spiro atoms. The van der Waals surface area contributed by atoms with Crippen LogP contribution in [0.15, 0.2) is 17.2 Å². The molecule has 2 aromatic rings. The van der Waals surface area contributed by atoms with Crippen molar-refractivity contribution >= 4 is 5.65 Å². The molecular formula is C9H11N3O. The average molecular weight is 177 g/mol. The van der Waals surface area contributed by atoms with Crippen molar-refractivity contribution in [3.05, 3.63) is 34.1 Å². The zero-order chi connectivity index (χ0) is 9.59. The predicted molar refractivity (Wildman–Crippen MR) is 49.9 cm³/mol. The summed E-state index contributed by atoms with van der Waals surface area (Å²) in [5.74, 6) is 0. The van der Waals surface area contributed by atoms with Crippen LogP contribution in [0, 0.1) is 13.8 Å². The van der Waals surface area contributed by atoms with Gasteiger partial charge in [-0.15, -0.1) is 0 Å². The molecule has 2 rings (SSSR count). The van der Waals surface area contributed by atoms with Crippen LogP contribution >= 0.6 is 0 Å².